The van der Waals surface area contributed by atoms with Crippen molar-refractivity contribution < 1.29 is 4.79 Å². The minimum Gasteiger partial charge on any atom is -0.352 e. The summed E-state index contributed by atoms with van der Waals surface area (Å²) in [6.45, 7) is 0.654. The highest BCUT2D eigenvalue weighted by Gasteiger charge is 2.50. The largest absolute Gasteiger partial charge is 0.352 e. The van der Waals surface area contributed by atoms with Gasteiger partial charge in [0.05, 0.1) is 0 Å². The first kappa shape index (κ1) is 13.8. The lowest BCUT2D eigenvalue weighted by Gasteiger charge is -2.53. The summed E-state index contributed by atoms with van der Waals surface area (Å²) in [4.78, 5) is 12.7. The van der Waals surface area contributed by atoms with E-state index >= 15 is 0 Å². The third-order valence-electron chi connectivity index (χ3n) is 5.89. The van der Waals surface area contributed by atoms with Gasteiger partial charge in [-0.2, -0.15) is 0 Å². The molecule has 1 N–H and O–H groups in total. The van der Waals surface area contributed by atoms with E-state index < -0.39 is 0 Å². The number of nitrogens with one attached hydrogen (secondary N) is 1. The Morgan fingerprint density at radius 2 is 1.76 bits per heavy atom. The molecule has 4 fully saturated rings. The number of rotatable bonds is 3. The quantitative estimate of drug-likeness (QED) is 0.874. The molecule has 3 heteroatoms. The number of halogens is 1. The highest BCUT2D eigenvalue weighted by atomic mass is 79.9. The van der Waals surface area contributed by atoms with Crippen molar-refractivity contribution in [3.05, 3.63) is 34.3 Å². The average Bonchev–Trinajstić information content (AvgIpc) is 2.44. The van der Waals surface area contributed by atoms with Crippen LogP contribution >= 0.6 is 15.9 Å². The van der Waals surface area contributed by atoms with Crippen molar-refractivity contribution >= 4 is 21.8 Å². The molecule has 0 aromatic heterocycles. The summed E-state index contributed by atoms with van der Waals surface area (Å²) in [5.41, 5.74) is 1.17. The van der Waals surface area contributed by atoms with Gasteiger partial charge in [-0.25, -0.2) is 0 Å². The van der Waals surface area contributed by atoms with Crippen LogP contribution in [0.4, 0.5) is 0 Å². The standard InChI is InChI=1S/C18H22BrNO/c19-16-3-1-2-11(9-16)10-20-18(21)17-14-5-12-4-13(7-14)8-15(17)6-12/h1-3,9,12-15,17H,4-8,10H2,(H,20,21). The van der Waals surface area contributed by atoms with Gasteiger partial charge in [0.15, 0.2) is 0 Å². The molecule has 0 saturated heterocycles. The van der Waals surface area contributed by atoms with Gasteiger partial charge in [-0.1, -0.05) is 28.1 Å². The van der Waals surface area contributed by atoms with E-state index in [9.17, 15) is 4.79 Å². The Balaban J connectivity index is 1.41. The minimum atomic E-state index is 0.296. The van der Waals surface area contributed by atoms with Gasteiger partial charge in [0.2, 0.25) is 5.91 Å². The first-order valence-corrected chi connectivity index (χ1v) is 9.00. The molecule has 1 aromatic rings. The van der Waals surface area contributed by atoms with E-state index in [4.69, 9.17) is 0 Å². The average molecular weight is 348 g/mol. The minimum absolute atomic E-state index is 0.296. The molecule has 4 aliphatic carbocycles. The van der Waals surface area contributed by atoms with Gasteiger partial charge in [0.25, 0.3) is 0 Å². The fraction of sp³-hybridized carbons (Fsp3) is 0.611. The molecule has 0 aliphatic heterocycles. The van der Waals surface area contributed by atoms with Crippen LogP contribution in [-0.4, -0.2) is 5.91 Å². The molecule has 112 valence electrons. The fourth-order valence-electron chi connectivity index (χ4n) is 5.31. The molecule has 1 amide bonds. The van der Waals surface area contributed by atoms with E-state index in [0.717, 1.165) is 16.3 Å². The van der Waals surface area contributed by atoms with E-state index in [1.807, 2.05) is 12.1 Å². The van der Waals surface area contributed by atoms with Crippen LogP contribution in [-0.2, 0) is 11.3 Å². The van der Waals surface area contributed by atoms with Crippen LogP contribution in [0.25, 0.3) is 0 Å². The second-order valence-electron chi connectivity index (χ2n) is 7.30. The van der Waals surface area contributed by atoms with Crippen molar-refractivity contribution in [1.29, 1.82) is 0 Å². The maximum atomic E-state index is 12.7. The molecule has 0 spiro atoms. The van der Waals surface area contributed by atoms with Gasteiger partial charge in [-0.3, -0.25) is 4.79 Å². The smallest absolute Gasteiger partial charge is 0.223 e. The molecule has 0 heterocycles. The lowest BCUT2D eigenvalue weighted by atomic mass is 9.51. The monoisotopic (exact) mass is 347 g/mol. The Hall–Kier alpha value is -0.830. The van der Waals surface area contributed by atoms with Gasteiger partial charge in [-0.15, -0.1) is 0 Å². The summed E-state index contributed by atoms with van der Waals surface area (Å²) in [5.74, 6) is 3.81. The topological polar surface area (TPSA) is 29.1 Å². The van der Waals surface area contributed by atoms with E-state index in [0.29, 0.717) is 30.2 Å². The Morgan fingerprint density at radius 3 is 2.38 bits per heavy atom. The second kappa shape index (κ2) is 5.42. The number of carbonyl (C=O) groups is 1. The van der Waals surface area contributed by atoms with Crippen LogP contribution in [0.5, 0.6) is 0 Å². The third kappa shape index (κ3) is 2.65. The van der Waals surface area contributed by atoms with Crippen LogP contribution in [0, 0.1) is 29.6 Å². The molecule has 21 heavy (non-hydrogen) atoms. The zero-order valence-corrected chi connectivity index (χ0v) is 13.8. The summed E-state index contributed by atoms with van der Waals surface area (Å²) in [6, 6.07) is 8.19. The van der Waals surface area contributed by atoms with E-state index in [-0.39, 0.29) is 0 Å². The van der Waals surface area contributed by atoms with Crippen molar-refractivity contribution in [3.63, 3.8) is 0 Å². The summed E-state index contributed by atoms with van der Waals surface area (Å²) < 4.78 is 1.07. The first-order chi connectivity index (χ1) is 10.2. The Bertz CT molecular complexity index is 528. The van der Waals surface area contributed by atoms with E-state index in [1.165, 1.54) is 37.7 Å². The lowest BCUT2D eigenvalue weighted by Crippen LogP contribution is -2.50. The molecule has 0 radical (unpaired) electrons. The van der Waals surface area contributed by atoms with E-state index in [1.54, 1.807) is 0 Å². The zero-order chi connectivity index (χ0) is 14.4. The second-order valence-corrected chi connectivity index (χ2v) is 8.22. The molecule has 5 rings (SSSR count). The van der Waals surface area contributed by atoms with Crippen molar-refractivity contribution in [2.75, 3.05) is 0 Å². The molecule has 1 aromatic carbocycles. The number of hydrogen-bond acceptors (Lipinski definition) is 1. The Morgan fingerprint density at radius 1 is 1.10 bits per heavy atom. The van der Waals surface area contributed by atoms with Crippen molar-refractivity contribution in [2.24, 2.45) is 29.6 Å². The molecule has 0 unspecified atom stereocenters. The number of amides is 1. The number of benzene rings is 1. The van der Waals surface area contributed by atoms with Crippen molar-refractivity contribution in [1.82, 2.24) is 5.32 Å². The summed E-state index contributed by atoms with van der Waals surface area (Å²) in [6.07, 6.45) is 6.67. The summed E-state index contributed by atoms with van der Waals surface area (Å²) in [5, 5.41) is 3.19. The SMILES string of the molecule is O=C(NCc1cccc(Br)c1)C1C2CC3CC(C2)CC1C3. The Labute approximate surface area is 134 Å². The van der Waals surface area contributed by atoms with Gasteiger partial charge in [-0.05, 0) is 73.5 Å². The molecule has 2 nitrogen and oxygen atoms in total. The summed E-state index contributed by atoms with van der Waals surface area (Å²) in [7, 11) is 0. The summed E-state index contributed by atoms with van der Waals surface area (Å²) >= 11 is 3.48. The predicted octanol–water partition coefficient (Wildman–Crippen LogP) is 4.14. The Kier molecular flexibility index (Phi) is 3.56. The molecule has 4 bridgehead atoms. The van der Waals surface area contributed by atoms with Crippen LogP contribution in [0.3, 0.4) is 0 Å². The predicted molar refractivity (Wildman–Crippen MR) is 86.5 cm³/mol. The number of hydrogen-bond donors (Lipinski definition) is 1. The highest BCUT2D eigenvalue weighted by Crippen LogP contribution is 2.56. The van der Waals surface area contributed by atoms with Crippen molar-refractivity contribution in [2.45, 2.75) is 38.6 Å². The molecule has 4 saturated carbocycles. The van der Waals surface area contributed by atoms with Crippen LogP contribution in [0.2, 0.25) is 0 Å². The van der Waals surface area contributed by atoms with Gasteiger partial charge in [0.1, 0.15) is 0 Å². The maximum Gasteiger partial charge on any atom is 0.223 e. The molecule has 0 atom stereocenters. The van der Waals surface area contributed by atoms with E-state index in [2.05, 4.69) is 33.4 Å². The normalized spacial score (nSPS) is 36.7. The molecule has 4 aliphatic rings. The molecular weight excluding hydrogens is 326 g/mol. The van der Waals surface area contributed by atoms with Gasteiger partial charge < -0.3 is 5.32 Å². The third-order valence-corrected chi connectivity index (χ3v) is 6.38. The lowest BCUT2D eigenvalue weighted by molar-refractivity contribution is -0.138. The van der Waals surface area contributed by atoms with Crippen LogP contribution in [0.1, 0.15) is 37.7 Å². The maximum absolute atomic E-state index is 12.7. The van der Waals surface area contributed by atoms with Crippen LogP contribution in [0.15, 0.2) is 28.7 Å². The first-order valence-electron chi connectivity index (χ1n) is 8.21. The zero-order valence-electron chi connectivity index (χ0n) is 12.2. The van der Waals surface area contributed by atoms with Crippen molar-refractivity contribution in [3.8, 4) is 0 Å². The van der Waals surface area contributed by atoms with Gasteiger partial charge >= 0.3 is 0 Å². The highest BCUT2D eigenvalue weighted by molar-refractivity contribution is 9.10. The van der Waals surface area contributed by atoms with Gasteiger partial charge in [0, 0.05) is 16.9 Å². The number of carbonyl (C=O) groups excluding carboxylic acids is 1. The fourth-order valence-corrected chi connectivity index (χ4v) is 5.75. The molecular formula is C18H22BrNO. The van der Waals surface area contributed by atoms with Crippen LogP contribution < -0.4 is 5.32 Å².